The van der Waals surface area contributed by atoms with E-state index in [4.69, 9.17) is 0 Å². The van der Waals surface area contributed by atoms with Gasteiger partial charge in [0.2, 0.25) is 0 Å². The Morgan fingerprint density at radius 1 is 0.375 bits per heavy atom. The van der Waals surface area contributed by atoms with Gasteiger partial charge in [-0.15, -0.1) is 0 Å². The Kier molecular flexibility index (Phi) is 6.13. The highest BCUT2D eigenvalue weighted by Crippen LogP contribution is 2.21. The van der Waals surface area contributed by atoms with Gasteiger partial charge in [-0.3, -0.25) is 0 Å². The summed E-state index contributed by atoms with van der Waals surface area (Å²) in [5.41, 5.74) is 6.73. The predicted octanol–water partition coefficient (Wildman–Crippen LogP) is 5.69. The minimum Gasteiger partial charge on any atom is -0.372 e. The molecular weight excluding hydrogens is 388 g/mol. The van der Waals surface area contributed by atoms with Gasteiger partial charge in [0.05, 0.1) is 0 Å². The summed E-state index contributed by atoms with van der Waals surface area (Å²) in [6.45, 7) is 4.68. The summed E-state index contributed by atoms with van der Waals surface area (Å²) in [6.07, 6.45) is 5.19. The summed E-state index contributed by atoms with van der Waals surface area (Å²) in [5.74, 6) is 13.1. The largest absolute Gasteiger partial charge is 0.372 e. The van der Waals surface area contributed by atoms with E-state index in [0.29, 0.717) is 0 Å². The molecular formula is C30H28N2. The summed E-state index contributed by atoms with van der Waals surface area (Å²) < 4.78 is 0. The van der Waals surface area contributed by atoms with E-state index in [1.807, 2.05) is 24.3 Å². The Bertz CT molecular complexity index is 1060. The van der Waals surface area contributed by atoms with Crippen molar-refractivity contribution in [1.29, 1.82) is 0 Å². The fraction of sp³-hybridized carbons (Fsp3) is 0.267. The quantitative estimate of drug-likeness (QED) is 0.496. The second-order valence-electron chi connectivity index (χ2n) is 8.56. The van der Waals surface area contributed by atoms with Gasteiger partial charge in [0.15, 0.2) is 0 Å². The first-order chi connectivity index (χ1) is 15.8. The SMILES string of the molecule is C(#Cc1ccc(N2CCCC2)cc1)c1ccc(C#Cc2ccc(N3CCCC3)cc2)cc1. The fourth-order valence-corrected chi connectivity index (χ4v) is 4.39. The van der Waals surface area contributed by atoms with Crippen LogP contribution in [0.25, 0.3) is 0 Å². The predicted molar refractivity (Wildman–Crippen MR) is 134 cm³/mol. The molecule has 32 heavy (non-hydrogen) atoms. The number of hydrogen-bond donors (Lipinski definition) is 0. The van der Waals surface area contributed by atoms with Crippen molar-refractivity contribution in [3.05, 3.63) is 95.1 Å². The fourth-order valence-electron chi connectivity index (χ4n) is 4.39. The monoisotopic (exact) mass is 416 g/mol. The Hall–Kier alpha value is -3.62. The van der Waals surface area contributed by atoms with Crippen molar-refractivity contribution >= 4 is 11.4 Å². The third-order valence-corrected chi connectivity index (χ3v) is 6.26. The van der Waals surface area contributed by atoms with Crippen LogP contribution in [0.5, 0.6) is 0 Å². The minimum absolute atomic E-state index is 1.01. The zero-order chi connectivity index (χ0) is 21.6. The maximum Gasteiger partial charge on any atom is 0.0367 e. The maximum atomic E-state index is 3.28. The average molecular weight is 417 g/mol. The molecule has 0 N–H and O–H groups in total. The van der Waals surface area contributed by atoms with Crippen LogP contribution in [-0.4, -0.2) is 26.2 Å². The van der Waals surface area contributed by atoms with E-state index >= 15 is 0 Å². The number of benzene rings is 3. The number of anilines is 2. The van der Waals surface area contributed by atoms with Gasteiger partial charge in [-0.1, -0.05) is 23.7 Å². The highest BCUT2D eigenvalue weighted by Gasteiger charge is 2.12. The molecule has 2 aliphatic heterocycles. The standard InChI is InChI=1S/C30H28N2/c1-2-22-31(21-1)29-17-13-27(14-18-29)11-9-25-5-7-26(8-6-25)10-12-28-15-19-30(20-16-28)32-23-3-4-24-32/h5-8,13-20H,1-4,21-24H2. The minimum atomic E-state index is 1.01. The van der Waals surface area contributed by atoms with Gasteiger partial charge < -0.3 is 9.80 Å². The lowest BCUT2D eigenvalue weighted by molar-refractivity contribution is 0.949. The van der Waals surface area contributed by atoms with Gasteiger partial charge in [0.25, 0.3) is 0 Å². The van der Waals surface area contributed by atoms with Crippen molar-refractivity contribution in [2.75, 3.05) is 36.0 Å². The molecule has 2 heterocycles. The van der Waals surface area contributed by atoms with Gasteiger partial charge in [-0.05, 0) is 98.5 Å². The van der Waals surface area contributed by atoms with Crippen LogP contribution in [0, 0.1) is 23.7 Å². The third-order valence-electron chi connectivity index (χ3n) is 6.26. The van der Waals surface area contributed by atoms with Crippen LogP contribution in [0.4, 0.5) is 11.4 Å². The van der Waals surface area contributed by atoms with Crippen LogP contribution in [0.3, 0.4) is 0 Å². The second kappa shape index (κ2) is 9.67. The van der Waals surface area contributed by atoms with Crippen molar-refractivity contribution < 1.29 is 0 Å². The lowest BCUT2D eigenvalue weighted by Crippen LogP contribution is -2.17. The molecule has 0 atom stereocenters. The van der Waals surface area contributed by atoms with Crippen molar-refractivity contribution in [2.24, 2.45) is 0 Å². The Balaban J connectivity index is 1.21. The van der Waals surface area contributed by atoms with Crippen LogP contribution in [0.1, 0.15) is 47.9 Å². The van der Waals surface area contributed by atoms with E-state index in [2.05, 4.69) is 82.0 Å². The topological polar surface area (TPSA) is 6.48 Å². The molecule has 2 fully saturated rings. The van der Waals surface area contributed by atoms with E-state index in [1.165, 1.54) is 63.2 Å². The Morgan fingerprint density at radius 3 is 0.906 bits per heavy atom. The second-order valence-corrected chi connectivity index (χ2v) is 8.56. The molecule has 0 radical (unpaired) electrons. The van der Waals surface area contributed by atoms with E-state index in [1.54, 1.807) is 0 Å². The molecule has 2 heteroatoms. The van der Waals surface area contributed by atoms with E-state index < -0.39 is 0 Å². The van der Waals surface area contributed by atoms with Crippen molar-refractivity contribution in [3.8, 4) is 23.7 Å². The van der Waals surface area contributed by atoms with Gasteiger partial charge in [-0.25, -0.2) is 0 Å². The summed E-state index contributed by atoms with van der Waals surface area (Å²) in [7, 11) is 0. The Labute approximate surface area is 191 Å². The van der Waals surface area contributed by atoms with E-state index in [9.17, 15) is 0 Å². The highest BCUT2D eigenvalue weighted by molar-refractivity contribution is 5.54. The lowest BCUT2D eigenvalue weighted by Gasteiger charge is -2.17. The molecule has 5 rings (SSSR count). The summed E-state index contributed by atoms with van der Waals surface area (Å²) in [6, 6.07) is 25.4. The molecule has 0 spiro atoms. The average Bonchev–Trinajstić information content (AvgIpc) is 3.58. The molecule has 3 aromatic rings. The van der Waals surface area contributed by atoms with Crippen LogP contribution in [-0.2, 0) is 0 Å². The molecule has 0 bridgehead atoms. The lowest BCUT2D eigenvalue weighted by atomic mass is 10.1. The first-order valence-electron chi connectivity index (χ1n) is 11.7. The van der Waals surface area contributed by atoms with E-state index in [0.717, 1.165) is 22.3 Å². The normalized spacial score (nSPS) is 15.1. The number of hydrogen-bond acceptors (Lipinski definition) is 2. The molecule has 3 aromatic carbocycles. The third kappa shape index (κ3) is 4.99. The summed E-state index contributed by atoms with van der Waals surface area (Å²) in [4.78, 5) is 4.89. The number of nitrogens with zero attached hydrogens (tertiary/aromatic N) is 2. The van der Waals surface area contributed by atoms with Crippen LogP contribution in [0.2, 0.25) is 0 Å². The van der Waals surface area contributed by atoms with Crippen molar-refractivity contribution in [2.45, 2.75) is 25.7 Å². The molecule has 0 aliphatic carbocycles. The molecule has 0 aromatic heterocycles. The molecule has 2 nitrogen and oxygen atoms in total. The van der Waals surface area contributed by atoms with Gasteiger partial charge in [0.1, 0.15) is 0 Å². The van der Waals surface area contributed by atoms with E-state index in [-0.39, 0.29) is 0 Å². The van der Waals surface area contributed by atoms with Gasteiger partial charge in [-0.2, -0.15) is 0 Å². The molecule has 2 saturated heterocycles. The van der Waals surface area contributed by atoms with Crippen molar-refractivity contribution in [3.63, 3.8) is 0 Å². The van der Waals surface area contributed by atoms with Crippen LogP contribution >= 0.6 is 0 Å². The zero-order valence-corrected chi connectivity index (χ0v) is 18.5. The maximum absolute atomic E-state index is 3.28. The highest BCUT2D eigenvalue weighted by atomic mass is 15.1. The first kappa shape index (κ1) is 20.3. The summed E-state index contributed by atoms with van der Waals surface area (Å²) in [5, 5.41) is 0. The van der Waals surface area contributed by atoms with Crippen LogP contribution < -0.4 is 9.80 Å². The van der Waals surface area contributed by atoms with Crippen molar-refractivity contribution in [1.82, 2.24) is 0 Å². The zero-order valence-electron chi connectivity index (χ0n) is 18.5. The molecule has 0 amide bonds. The molecule has 0 unspecified atom stereocenters. The van der Waals surface area contributed by atoms with Crippen LogP contribution in [0.15, 0.2) is 72.8 Å². The Morgan fingerprint density at radius 2 is 0.625 bits per heavy atom. The van der Waals surface area contributed by atoms with Gasteiger partial charge >= 0.3 is 0 Å². The number of rotatable bonds is 2. The first-order valence-corrected chi connectivity index (χ1v) is 11.7. The smallest absolute Gasteiger partial charge is 0.0367 e. The molecule has 158 valence electrons. The molecule has 2 aliphatic rings. The molecule has 0 saturated carbocycles. The summed E-state index contributed by atoms with van der Waals surface area (Å²) >= 11 is 0. The van der Waals surface area contributed by atoms with Gasteiger partial charge in [0, 0.05) is 59.8 Å².